The van der Waals surface area contributed by atoms with Crippen molar-refractivity contribution in [1.82, 2.24) is 0 Å². The first-order valence-corrected chi connectivity index (χ1v) is 6.80. The van der Waals surface area contributed by atoms with Gasteiger partial charge in [0.15, 0.2) is 0 Å². The molecule has 0 radical (unpaired) electrons. The van der Waals surface area contributed by atoms with Gasteiger partial charge in [0, 0.05) is 11.3 Å². The van der Waals surface area contributed by atoms with E-state index >= 15 is 0 Å². The van der Waals surface area contributed by atoms with Gasteiger partial charge in [-0.25, -0.2) is 13.2 Å². The average Bonchev–Trinajstić information content (AvgIpc) is 2.33. The second kappa shape index (κ2) is 10.7. The molecule has 0 fully saturated rings. The third-order valence-electron chi connectivity index (χ3n) is 2.14. The van der Waals surface area contributed by atoms with Crippen LogP contribution in [0, 0.1) is 0 Å². The fourth-order valence-corrected chi connectivity index (χ4v) is 1.79. The number of aromatic carboxylic acids is 1. The Labute approximate surface area is 166 Å². The summed E-state index contributed by atoms with van der Waals surface area (Å²) in [4.78, 5) is 22.3. The molecule has 7 nitrogen and oxygen atoms in total. The second-order valence-electron chi connectivity index (χ2n) is 3.58. The van der Waals surface area contributed by atoms with Crippen molar-refractivity contribution in [2.75, 3.05) is 12.4 Å². The van der Waals surface area contributed by atoms with Crippen molar-refractivity contribution in [1.29, 1.82) is 0 Å². The van der Waals surface area contributed by atoms with Crippen LogP contribution in [0.5, 0.6) is 0 Å². The topological polar surface area (TPSA) is 124 Å². The molecular formula is C11H10Na2O7S. The number of hydrogen-bond acceptors (Lipinski definition) is 7. The van der Waals surface area contributed by atoms with E-state index in [1.165, 1.54) is 24.3 Å². The summed E-state index contributed by atoms with van der Waals surface area (Å²) in [5, 5.41) is 10.7. The largest absolute Gasteiger partial charge is 1.00 e. The van der Waals surface area contributed by atoms with E-state index < -0.39 is 27.8 Å². The van der Waals surface area contributed by atoms with Gasteiger partial charge < -0.3 is 19.2 Å². The molecule has 0 saturated heterocycles. The summed E-state index contributed by atoms with van der Waals surface area (Å²) in [5.74, 6) is -3.08. The Morgan fingerprint density at radius 3 is 2.10 bits per heavy atom. The summed E-state index contributed by atoms with van der Waals surface area (Å²) in [6.45, 7) is -0.290. The molecule has 104 valence electrons. The standard InChI is InChI=1S/C11H12O7S.2Na/c12-10(13)8-4-1-2-5-9(8)11(14)18-6-3-7-19(15,16)17;;/h1-2,4-5H,3,6-7H2,(H,12,13)(H,15,16,17);;/q;2*+1/p-2. The maximum atomic E-state index is 11.6. The number of carboxylic acids is 1. The molecule has 1 aromatic carbocycles. The molecule has 0 N–H and O–H groups in total. The quantitative estimate of drug-likeness (QED) is 0.219. The zero-order chi connectivity index (χ0) is 14.5. The van der Waals surface area contributed by atoms with Gasteiger partial charge in [-0.1, -0.05) is 18.2 Å². The smallest absolute Gasteiger partial charge is 0.748 e. The predicted octanol–water partition coefficient (Wildman–Crippen LogP) is -6.85. The first kappa shape index (κ1) is 23.3. The number of hydrogen-bond donors (Lipinski definition) is 0. The monoisotopic (exact) mass is 332 g/mol. The molecule has 0 aliphatic carbocycles. The SMILES string of the molecule is O=C([O-])c1ccccc1C(=O)OCCCS(=O)(=O)[O-].[Na+].[Na+]. The molecule has 0 spiro atoms. The van der Waals surface area contributed by atoms with Crippen molar-refractivity contribution in [3.05, 3.63) is 35.4 Å². The third kappa shape index (κ3) is 8.94. The Balaban J connectivity index is 0. The van der Waals surface area contributed by atoms with Gasteiger partial charge in [0.25, 0.3) is 0 Å². The van der Waals surface area contributed by atoms with Crippen LogP contribution in [-0.2, 0) is 14.9 Å². The van der Waals surface area contributed by atoms with Gasteiger partial charge in [-0.3, -0.25) is 0 Å². The minimum atomic E-state index is -4.35. The molecule has 0 unspecified atom stereocenters. The normalized spacial score (nSPS) is 9.95. The first-order valence-electron chi connectivity index (χ1n) is 5.22. The van der Waals surface area contributed by atoms with Crippen molar-refractivity contribution in [2.45, 2.75) is 6.42 Å². The second-order valence-corrected chi connectivity index (χ2v) is 5.11. The Morgan fingerprint density at radius 2 is 1.62 bits per heavy atom. The van der Waals surface area contributed by atoms with Crippen molar-refractivity contribution >= 4 is 22.1 Å². The summed E-state index contributed by atoms with van der Waals surface area (Å²) in [6, 6.07) is 5.31. The number of carbonyl (C=O) groups excluding carboxylic acids is 2. The van der Waals surface area contributed by atoms with E-state index in [0.717, 1.165) is 0 Å². The fraction of sp³-hybridized carbons (Fsp3) is 0.273. The van der Waals surface area contributed by atoms with Crippen LogP contribution >= 0.6 is 0 Å². The summed E-state index contributed by atoms with van der Waals surface area (Å²) < 4.78 is 35.6. The van der Waals surface area contributed by atoms with Gasteiger partial charge in [-0.15, -0.1) is 0 Å². The van der Waals surface area contributed by atoms with E-state index in [9.17, 15) is 27.7 Å². The van der Waals surface area contributed by atoms with Crippen molar-refractivity contribution in [2.24, 2.45) is 0 Å². The van der Waals surface area contributed by atoms with Crippen LogP contribution in [0.15, 0.2) is 24.3 Å². The minimum Gasteiger partial charge on any atom is -0.748 e. The van der Waals surface area contributed by atoms with Gasteiger partial charge in [-0.2, -0.15) is 0 Å². The Kier molecular flexibility index (Phi) is 11.9. The molecule has 21 heavy (non-hydrogen) atoms. The van der Waals surface area contributed by atoms with E-state index in [4.69, 9.17) is 0 Å². The number of ether oxygens (including phenoxy) is 1. The molecule has 0 aromatic heterocycles. The van der Waals surface area contributed by atoms with Gasteiger partial charge in [0.1, 0.15) is 0 Å². The zero-order valence-corrected chi connectivity index (χ0v) is 16.5. The zero-order valence-electron chi connectivity index (χ0n) is 11.7. The van der Waals surface area contributed by atoms with Gasteiger partial charge in [0.2, 0.25) is 0 Å². The van der Waals surface area contributed by atoms with Gasteiger partial charge in [-0.05, 0) is 12.5 Å². The van der Waals surface area contributed by atoms with Crippen LogP contribution in [-0.4, -0.2) is 37.3 Å². The molecule has 0 saturated carbocycles. The van der Waals surface area contributed by atoms with Crippen LogP contribution in [0.3, 0.4) is 0 Å². The first-order chi connectivity index (χ1) is 8.81. The van der Waals surface area contributed by atoms with Crippen LogP contribution in [0.4, 0.5) is 0 Å². The van der Waals surface area contributed by atoms with E-state index in [1.54, 1.807) is 0 Å². The van der Waals surface area contributed by atoms with Crippen molar-refractivity contribution in [3.63, 3.8) is 0 Å². The number of esters is 1. The summed E-state index contributed by atoms with van der Waals surface area (Å²) >= 11 is 0. The Hall–Kier alpha value is 0.0700. The van der Waals surface area contributed by atoms with Gasteiger partial charge >= 0.3 is 65.1 Å². The summed E-state index contributed by atoms with van der Waals surface area (Å²) in [6.07, 6.45) is -0.148. The number of carbonyl (C=O) groups is 2. The molecule has 0 aliphatic heterocycles. The van der Waals surface area contributed by atoms with E-state index in [2.05, 4.69) is 4.74 Å². The fourth-order valence-electron chi connectivity index (χ4n) is 1.32. The number of carboxylic acid groups (broad SMARTS) is 1. The van der Waals surface area contributed by atoms with Crippen molar-refractivity contribution in [3.8, 4) is 0 Å². The predicted molar refractivity (Wildman–Crippen MR) is 60.2 cm³/mol. The molecular weight excluding hydrogens is 322 g/mol. The molecule has 0 atom stereocenters. The Bertz CT molecular complexity index is 586. The van der Waals surface area contributed by atoms with Crippen molar-refractivity contribution < 1.29 is 91.5 Å². The average molecular weight is 332 g/mol. The van der Waals surface area contributed by atoms with Gasteiger partial charge in [0.05, 0.1) is 28.3 Å². The maximum Gasteiger partial charge on any atom is 1.00 e. The van der Waals surface area contributed by atoms with Crippen LogP contribution in [0.2, 0.25) is 0 Å². The number of benzene rings is 1. The molecule has 0 heterocycles. The van der Waals surface area contributed by atoms with E-state index in [0.29, 0.717) is 0 Å². The molecule has 0 bridgehead atoms. The maximum absolute atomic E-state index is 11.6. The third-order valence-corrected chi connectivity index (χ3v) is 2.93. The van der Waals surface area contributed by atoms with Crippen LogP contribution in [0.1, 0.15) is 27.1 Å². The molecule has 10 heteroatoms. The molecule has 1 rings (SSSR count). The molecule has 0 aliphatic rings. The molecule has 1 aromatic rings. The van der Waals surface area contributed by atoms with Crippen LogP contribution in [0.25, 0.3) is 0 Å². The van der Waals surface area contributed by atoms with E-state index in [1.807, 2.05) is 0 Å². The summed E-state index contributed by atoms with van der Waals surface area (Å²) in [7, 11) is -4.35. The van der Waals surface area contributed by atoms with Crippen LogP contribution < -0.4 is 64.2 Å². The summed E-state index contributed by atoms with van der Waals surface area (Å²) in [5.41, 5.74) is -0.503. The Morgan fingerprint density at radius 1 is 1.10 bits per heavy atom. The number of rotatable bonds is 6. The minimum absolute atomic E-state index is 0. The molecule has 0 amide bonds. The van der Waals surface area contributed by atoms with E-state index in [-0.39, 0.29) is 83.3 Å².